The minimum absolute atomic E-state index is 0.0234. The molecule has 3 aliphatic heterocycles. The molecule has 166 valence electrons. The highest BCUT2D eigenvalue weighted by Crippen LogP contribution is 2.47. The molecule has 0 saturated carbocycles. The van der Waals surface area contributed by atoms with Crippen LogP contribution < -0.4 is 5.32 Å². The van der Waals surface area contributed by atoms with E-state index >= 15 is 0 Å². The molecule has 0 bridgehead atoms. The Hall–Kier alpha value is -1.55. The summed E-state index contributed by atoms with van der Waals surface area (Å²) >= 11 is 0. The summed E-state index contributed by atoms with van der Waals surface area (Å²) in [7, 11) is 1.36. The second-order valence-corrected chi connectivity index (χ2v) is 8.95. The molecule has 1 aromatic carbocycles. The second-order valence-electron chi connectivity index (χ2n) is 8.95. The Bertz CT molecular complexity index is 768. The van der Waals surface area contributed by atoms with E-state index in [9.17, 15) is 4.79 Å². The number of carbonyl (C=O) groups is 1. The van der Waals surface area contributed by atoms with Crippen molar-refractivity contribution in [3.63, 3.8) is 0 Å². The van der Waals surface area contributed by atoms with E-state index in [4.69, 9.17) is 28.4 Å². The van der Waals surface area contributed by atoms with Gasteiger partial charge < -0.3 is 28.4 Å². The fraction of sp³-hybridized carbons (Fsp3) is 0.682. The van der Waals surface area contributed by atoms with Crippen LogP contribution in [-0.2, 0) is 39.8 Å². The first-order valence-corrected chi connectivity index (χ1v) is 10.3. The van der Waals surface area contributed by atoms with Crippen LogP contribution in [-0.4, -0.2) is 61.4 Å². The van der Waals surface area contributed by atoms with Gasteiger partial charge in [-0.1, -0.05) is 30.3 Å². The van der Waals surface area contributed by atoms with Crippen LogP contribution >= 0.6 is 0 Å². The van der Waals surface area contributed by atoms with Gasteiger partial charge in [0.25, 0.3) is 0 Å². The van der Waals surface area contributed by atoms with Crippen LogP contribution in [0.5, 0.6) is 0 Å². The summed E-state index contributed by atoms with van der Waals surface area (Å²) in [6.45, 7) is 8.31. The van der Waals surface area contributed by atoms with Gasteiger partial charge in [-0.2, -0.15) is 0 Å². The lowest BCUT2D eigenvalue weighted by Crippen LogP contribution is -2.56. The second kappa shape index (κ2) is 7.85. The highest BCUT2D eigenvalue weighted by molar-refractivity contribution is 5.70. The molecule has 8 heteroatoms. The molecule has 0 unspecified atom stereocenters. The maximum absolute atomic E-state index is 12.4. The lowest BCUT2D eigenvalue weighted by atomic mass is 9.97. The molecule has 1 N–H and O–H groups in total. The normalized spacial score (nSPS) is 36.6. The van der Waals surface area contributed by atoms with Gasteiger partial charge in [-0.3, -0.25) is 10.1 Å². The van der Waals surface area contributed by atoms with E-state index in [1.807, 2.05) is 58.0 Å². The molecular formula is C22H31NO7. The predicted molar refractivity (Wildman–Crippen MR) is 106 cm³/mol. The van der Waals surface area contributed by atoms with E-state index in [2.05, 4.69) is 5.32 Å². The summed E-state index contributed by atoms with van der Waals surface area (Å²) in [6, 6.07) is 9.91. The molecule has 3 fully saturated rings. The van der Waals surface area contributed by atoms with Crippen molar-refractivity contribution in [1.82, 2.24) is 5.32 Å². The number of hydrogen-bond donors (Lipinski definition) is 1. The molecule has 0 aromatic heterocycles. The minimum Gasteiger partial charge on any atom is -0.469 e. The van der Waals surface area contributed by atoms with Gasteiger partial charge in [0.15, 0.2) is 17.3 Å². The van der Waals surface area contributed by atoms with Gasteiger partial charge >= 0.3 is 5.97 Å². The Kier molecular flexibility index (Phi) is 5.67. The monoisotopic (exact) mass is 421 g/mol. The van der Waals surface area contributed by atoms with Crippen molar-refractivity contribution in [3.8, 4) is 0 Å². The average Bonchev–Trinajstić information content (AvgIpc) is 3.31. The molecule has 5 atom stereocenters. The highest BCUT2D eigenvalue weighted by atomic mass is 16.8. The Labute approximate surface area is 177 Å². The number of ether oxygens (including phenoxy) is 6. The molecule has 30 heavy (non-hydrogen) atoms. The molecule has 0 radical (unpaired) electrons. The molecule has 0 amide bonds. The van der Waals surface area contributed by atoms with Gasteiger partial charge in [0.05, 0.1) is 20.1 Å². The van der Waals surface area contributed by atoms with Gasteiger partial charge in [0, 0.05) is 6.54 Å². The molecule has 4 rings (SSSR count). The maximum atomic E-state index is 12.4. The molecule has 8 nitrogen and oxygen atoms in total. The summed E-state index contributed by atoms with van der Waals surface area (Å²) in [5.74, 6) is -1.92. The molecular weight excluding hydrogens is 390 g/mol. The van der Waals surface area contributed by atoms with Crippen molar-refractivity contribution >= 4 is 5.97 Å². The topological polar surface area (TPSA) is 84.5 Å². The van der Waals surface area contributed by atoms with Crippen LogP contribution in [0.4, 0.5) is 0 Å². The Morgan fingerprint density at radius 1 is 1.03 bits per heavy atom. The lowest BCUT2D eigenvalue weighted by Gasteiger charge is -2.35. The quantitative estimate of drug-likeness (QED) is 0.700. The SMILES string of the molecule is COC(=O)C[C@@]1(NCc2ccccc2)O[C@@H]([C@H]2COC(C)(C)O2)[C@H]2OC(C)(C)O[C@H]21. The van der Waals surface area contributed by atoms with Crippen molar-refractivity contribution in [3.05, 3.63) is 35.9 Å². The van der Waals surface area contributed by atoms with Gasteiger partial charge in [-0.25, -0.2) is 0 Å². The van der Waals surface area contributed by atoms with Crippen molar-refractivity contribution in [1.29, 1.82) is 0 Å². The number of methoxy groups -OCH3 is 1. The van der Waals surface area contributed by atoms with E-state index in [1.165, 1.54) is 7.11 Å². The molecule has 0 spiro atoms. The average molecular weight is 421 g/mol. The Morgan fingerprint density at radius 3 is 2.40 bits per heavy atom. The number of esters is 1. The summed E-state index contributed by atoms with van der Waals surface area (Å²) < 4.78 is 35.8. The van der Waals surface area contributed by atoms with Gasteiger partial charge in [-0.15, -0.1) is 0 Å². The zero-order valence-electron chi connectivity index (χ0n) is 18.2. The Morgan fingerprint density at radius 2 is 1.77 bits per heavy atom. The van der Waals surface area contributed by atoms with E-state index in [1.54, 1.807) is 0 Å². The van der Waals surface area contributed by atoms with Crippen molar-refractivity contribution < 1.29 is 33.2 Å². The molecule has 3 aliphatic rings. The number of rotatable bonds is 6. The third-order valence-electron chi connectivity index (χ3n) is 5.72. The van der Waals surface area contributed by atoms with Crippen molar-refractivity contribution in [2.24, 2.45) is 0 Å². The van der Waals surface area contributed by atoms with Crippen LogP contribution in [0.1, 0.15) is 39.7 Å². The first-order valence-electron chi connectivity index (χ1n) is 10.3. The fourth-order valence-corrected chi connectivity index (χ4v) is 4.41. The van der Waals surface area contributed by atoms with Crippen LogP contribution in [0, 0.1) is 0 Å². The van der Waals surface area contributed by atoms with E-state index < -0.39 is 41.6 Å². The first kappa shape index (κ1) is 21.7. The third-order valence-corrected chi connectivity index (χ3v) is 5.72. The zero-order valence-corrected chi connectivity index (χ0v) is 18.2. The first-order chi connectivity index (χ1) is 14.1. The summed E-state index contributed by atoms with van der Waals surface area (Å²) in [5.41, 5.74) is -0.0626. The standard InChI is InChI=1S/C22H31NO7/c1-20(2)26-13-15(27-20)17-18-19(30-21(3,4)28-18)22(29-17,11-16(24)25-5)23-12-14-9-7-6-8-10-14/h6-10,15,17-19,23H,11-13H2,1-5H3/t15-,17+,18-,19-,22-/m1/s1. The van der Waals surface area contributed by atoms with E-state index in [0.29, 0.717) is 13.2 Å². The third kappa shape index (κ3) is 4.26. The number of fused-ring (bicyclic) bond motifs is 1. The summed E-state index contributed by atoms with van der Waals surface area (Å²) in [5, 5.41) is 3.44. The highest BCUT2D eigenvalue weighted by Gasteiger charge is 2.66. The molecule has 3 saturated heterocycles. The molecule has 3 heterocycles. The van der Waals surface area contributed by atoms with E-state index in [-0.39, 0.29) is 12.5 Å². The lowest BCUT2D eigenvalue weighted by molar-refractivity contribution is -0.235. The summed E-state index contributed by atoms with van der Waals surface area (Å²) in [4.78, 5) is 12.4. The van der Waals surface area contributed by atoms with Gasteiger partial charge in [-0.05, 0) is 33.3 Å². The predicted octanol–water partition coefficient (Wildman–Crippen LogP) is 2.11. The maximum Gasteiger partial charge on any atom is 0.309 e. The minimum atomic E-state index is -1.12. The number of benzene rings is 1. The van der Waals surface area contributed by atoms with Gasteiger partial charge in [0.1, 0.15) is 24.4 Å². The van der Waals surface area contributed by atoms with Crippen molar-refractivity contribution in [2.75, 3.05) is 13.7 Å². The molecule has 1 aromatic rings. The largest absolute Gasteiger partial charge is 0.469 e. The van der Waals surface area contributed by atoms with Crippen LogP contribution in [0.25, 0.3) is 0 Å². The molecule has 0 aliphatic carbocycles. The zero-order chi connectivity index (χ0) is 21.6. The van der Waals surface area contributed by atoms with Gasteiger partial charge in [0.2, 0.25) is 0 Å². The van der Waals surface area contributed by atoms with Crippen LogP contribution in [0.3, 0.4) is 0 Å². The summed E-state index contributed by atoms with van der Waals surface area (Å²) in [6.07, 6.45) is -1.78. The van der Waals surface area contributed by atoms with Crippen LogP contribution in [0.2, 0.25) is 0 Å². The smallest absolute Gasteiger partial charge is 0.309 e. The fourth-order valence-electron chi connectivity index (χ4n) is 4.41. The number of hydrogen-bond acceptors (Lipinski definition) is 8. The van der Waals surface area contributed by atoms with Crippen LogP contribution in [0.15, 0.2) is 30.3 Å². The van der Waals surface area contributed by atoms with E-state index in [0.717, 1.165) is 5.56 Å². The van der Waals surface area contributed by atoms with Crippen molar-refractivity contribution in [2.45, 2.75) is 82.4 Å². The Balaban J connectivity index is 1.63. The number of nitrogens with one attached hydrogen (secondary N) is 1. The number of carbonyl (C=O) groups excluding carboxylic acids is 1.